The van der Waals surface area contributed by atoms with E-state index in [0.717, 1.165) is 25.2 Å². The van der Waals surface area contributed by atoms with Crippen LogP contribution in [0.5, 0.6) is 5.75 Å². The SMILES string of the molecule is CS(=O)(=O)NC(=O)c1ccc(OCC2CCCC(F)(F)C2)c(C2CC2)c1F. The third kappa shape index (κ3) is 5.15. The molecule has 0 spiro atoms. The lowest BCUT2D eigenvalue weighted by Crippen LogP contribution is -2.30. The summed E-state index contributed by atoms with van der Waals surface area (Å²) in [5.41, 5.74) is -0.155. The van der Waals surface area contributed by atoms with E-state index in [1.165, 1.54) is 6.07 Å². The highest BCUT2D eigenvalue weighted by Crippen LogP contribution is 2.46. The molecule has 1 aromatic carbocycles. The number of benzene rings is 1. The molecule has 150 valence electrons. The quantitative estimate of drug-likeness (QED) is 0.785. The molecule has 1 amide bonds. The number of sulfonamides is 1. The van der Waals surface area contributed by atoms with E-state index in [1.54, 1.807) is 4.72 Å². The van der Waals surface area contributed by atoms with Crippen molar-refractivity contribution < 1.29 is 31.1 Å². The number of carbonyl (C=O) groups excluding carboxylic acids is 1. The third-order valence-corrected chi connectivity index (χ3v) is 5.42. The minimum atomic E-state index is -3.82. The van der Waals surface area contributed by atoms with Crippen LogP contribution in [0.25, 0.3) is 0 Å². The highest BCUT2D eigenvalue weighted by molar-refractivity contribution is 7.89. The smallest absolute Gasteiger partial charge is 0.267 e. The van der Waals surface area contributed by atoms with Gasteiger partial charge in [-0.1, -0.05) is 0 Å². The molecule has 2 fully saturated rings. The van der Waals surface area contributed by atoms with Crippen LogP contribution in [0.2, 0.25) is 0 Å². The maximum absolute atomic E-state index is 14.9. The van der Waals surface area contributed by atoms with Crippen molar-refractivity contribution in [3.05, 3.63) is 29.1 Å². The van der Waals surface area contributed by atoms with E-state index in [-0.39, 0.29) is 48.2 Å². The zero-order valence-corrected chi connectivity index (χ0v) is 15.8. The minimum Gasteiger partial charge on any atom is -0.493 e. The van der Waals surface area contributed by atoms with Gasteiger partial charge in [0.25, 0.3) is 5.91 Å². The molecule has 27 heavy (non-hydrogen) atoms. The molecule has 0 radical (unpaired) electrons. The van der Waals surface area contributed by atoms with Crippen LogP contribution in [0, 0.1) is 11.7 Å². The predicted octanol–water partition coefficient (Wildman–Crippen LogP) is 3.60. The topological polar surface area (TPSA) is 72.5 Å². The summed E-state index contributed by atoms with van der Waals surface area (Å²) < 4.78 is 71.8. The molecule has 0 bridgehead atoms. The maximum atomic E-state index is 14.9. The first-order valence-corrected chi connectivity index (χ1v) is 10.8. The molecule has 1 atom stereocenters. The van der Waals surface area contributed by atoms with Gasteiger partial charge in [-0.2, -0.15) is 0 Å². The predicted molar refractivity (Wildman–Crippen MR) is 93.1 cm³/mol. The summed E-state index contributed by atoms with van der Waals surface area (Å²) in [5.74, 6) is -4.74. The summed E-state index contributed by atoms with van der Waals surface area (Å²) in [4.78, 5) is 12.0. The number of alkyl halides is 2. The first-order valence-electron chi connectivity index (χ1n) is 8.91. The van der Waals surface area contributed by atoms with Gasteiger partial charge in [0.15, 0.2) is 0 Å². The lowest BCUT2D eigenvalue weighted by molar-refractivity contribution is -0.0586. The molecule has 0 heterocycles. The second-order valence-electron chi connectivity index (χ2n) is 7.45. The first-order chi connectivity index (χ1) is 12.6. The van der Waals surface area contributed by atoms with Gasteiger partial charge in [-0.3, -0.25) is 4.79 Å². The summed E-state index contributed by atoms with van der Waals surface area (Å²) in [6.45, 7) is 0.0592. The van der Waals surface area contributed by atoms with Crippen molar-refractivity contribution in [1.82, 2.24) is 4.72 Å². The molecule has 1 aromatic rings. The van der Waals surface area contributed by atoms with Crippen molar-refractivity contribution in [3.8, 4) is 5.75 Å². The van der Waals surface area contributed by atoms with Gasteiger partial charge in [-0.05, 0) is 49.7 Å². The van der Waals surface area contributed by atoms with Crippen LogP contribution in [0.3, 0.4) is 0 Å². The van der Waals surface area contributed by atoms with Gasteiger partial charge >= 0.3 is 0 Å². The number of halogens is 3. The molecule has 5 nitrogen and oxygen atoms in total. The Morgan fingerprint density at radius 2 is 2.00 bits per heavy atom. The third-order valence-electron chi connectivity index (χ3n) is 4.86. The van der Waals surface area contributed by atoms with E-state index < -0.39 is 27.7 Å². The molecule has 9 heteroatoms. The Morgan fingerprint density at radius 3 is 2.59 bits per heavy atom. The van der Waals surface area contributed by atoms with Gasteiger partial charge in [-0.15, -0.1) is 0 Å². The minimum absolute atomic E-state index is 0.0592. The highest BCUT2D eigenvalue weighted by Gasteiger charge is 2.37. The van der Waals surface area contributed by atoms with E-state index in [9.17, 15) is 26.4 Å². The van der Waals surface area contributed by atoms with Crippen molar-refractivity contribution in [2.45, 2.75) is 50.4 Å². The van der Waals surface area contributed by atoms with E-state index in [0.29, 0.717) is 12.8 Å². The van der Waals surface area contributed by atoms with Crippen LogP contribution < -0.4 is 9.46 Å². The fourth-order valence-corrected chi connectivity index (χ4v) is 3.92. The Kier molecular flexibility index (Phi) is 5.42. The first kappa shape index (κ1) is 20.0. The summed E-state index contributed by atoms with van der Waals surface area (Å²) in [7, 11) is -3.82. The normalized spacial score (nSPS) is 22.3. The van der Waals surface area contributed by atoms with E-state index in [2.05, 4.69) is 0 Å². The van der Waals surface area contributed by atoms with Crippen molar-refractivity contribution in [2.75, 3.05) is 12.9 Å². The van der Waals surface area contributed by atoms with Crippen molar-refractivity contribution in [2.24, 2.45) is 5.92 Å². The van der Waals surface area contributed by atoms with Crippen LogP contribution in [0.15, 0.2) is 12.1 Å². The summed E-state index contributed by atoms with van der Waals surface area (Å²) in [5, 5.41) is 0. The van der Waals surface area contributed by atoms with Crippen molar-refractivity contribution in [1.29, 1.82) is 0 Å². The fourth-order valence-electron chi connectivity index (χ4n) is 3.48. The lowest BCUT2D eigenvalue weighted by atomic mass is 9.87. The Hall–Kier alpha value is -1.77. The molecule has 0 aromatic heterocycles. The van der Waals surface area contributed by atoms with Crippen LogP contribution in [0.1, 0.15) is 60.4 Å². The second-order valence-corrected chi connectivity index (χ2v) is 9.19. The summed E-state index contributed by atoms with van der Waals surface area (Å²) >= 11 is 0. The Morgan fingerprint density at radius 1 is 1.30 bits per heavy atom. The standard InChI is InChI=1S/C18H22F3NO4S/c1-27(24,25)22-17(23)13-6-7-14(15(16(13)19)12-4-5-12)26-10-11-3-2-8-18(20,21)9-11/h6-7,11-12H,2-5,8-10H2,1H3,(H,22,23). The van der Waals surface area contributed by atoms with Gasteiger partial charge in [0, 0.05) is 18.4 Å². The highest BCUT2D eigenvalue weighted by atomic mass is 32.2. The Balaban J connectivity index is 1.78. The van der Waals surface area contributed by atoms with Gasteiger partial charge in [0.05, 0.1) is 18.4 Å². The maximum Gasteiger partial charge on any atom is 0.267 e. The monoisotopic (exact) mass is 405 g/mol. The molecule has 1 unspecified atom stereocenters. The molecule has 2 aliphatic rings. The van der Waals surface area contributed by atoms with Crippen molar-refractivity contribution >= 4 is 15.9 Å². The Bertz CT molecular complexity index is 837. The van der Waals surface area contributed by atoms with Gasteiger partial charge in [-0.25, -0.2) is 26.3 Å². The van der Waals surface area contributed by atoms with E-state index in [4.69, 9.17) is 4.74 Å². The second kappa shape index (κ2) is 7.33. The number of ether oxygens (including phenoxy) is 1. The molecule has 0 aliphatic heterocycles. The fraction of sp³-hybridized carbons (Fsp3) is 0.611. The van der Waals surface area contributed by atoms with Gasteiger partial charge in [0.1, 0.15) is 11.6 Å². The molecule has 0 saturated heterocycles. The average Bonchev–Trinajstić information content (AvgIpc) is 3.34. The zero-order valence-electron chi connectivity index (χ0n) is 14.9. The van der Waals surface area contributed by atoms with Crippen LogP contribution in [-0.4, -0.2) is 33.1 Å². The molecule has 2 saturated carbocycles. The van der Waals surface area contributed by atoms with Crippen LogP contribution in [0.4, 0.5) is 13.2 Å². The van der Waals surface area contributed by atoms with Gasteiger partial charge < -0.3 is 4.74 Å². The number of carbonyl (C=O) groups is 1. The lowest BCUT2D eigenvalue weighted by Gasteiger charge is -2.29. The van der Waals surface area contributed by atoms with E-state index >= 15 is 0 Å². The number of nitrogens with one attached hydrogen (secondary N) is 1. The molecule has 3 rings (SSSR count). The summed E-state index contributed by atoms with van der Waals surface area (Å²) in [6.07, 6.45) is 2.96. The number of rotatable bonds is 6. The number of amides is 1. The van der Waals surface area contributed by atoms with E-state index in [1.807, 2.05) is 0 Å². The van der Waals surface area contributed by atoms with Crippen LogP contribution >= 0.6 is 0 Å². The summed E-state index contributed by atoms with van der Waals surface area (Å²) in [6, 6.07) is 2.57. The number of hydrogen-bond donors (Lipinski definition) is 1. The van der Waals surface area contributed by atoms with Crippen LogP contribution in [-0.2, 0) is 10.0 Å². The number of hydrogen-bond acceptors (Lipinski definition) is 4. The van der Waals surface area contributed by atoms with Gasteiger partial charge in [0.2, 0.25) is 15.9 Å². The largest absolute Gasteiger partial charge is 0.493 e. The average molecular weight is 405 g/mol. The molecule has 2 aliphatic carbocycles. The molecular weight excluding hydrogens is 383 g/mol. The van der Waals surface area contributed by atoms with Crippen molar-refractivity contribution in [3.63, 3.8) is 0 Å². The molecule has 1 N–H and O–H groups in total. The Labute approximate surface area is 156 Å². The molecular formula is C18H22F3NO4S. The zero-order chi connectivity index (χ0) is 19.8.